The van der Waals surface area contributed by atoms with E-state index in [0.717, 1.165) is 0 Å². The molecule has 0 aliphatic rings. The van der Waals surface area contributed by atoms with Crippen molar-refractivity contribution in [1.82, 2.24) is 5.32 Å². The number of likely N-dealkylation sites (N-methyl/N-ethyl adjacent to an activating group) is 1. The Kier molecular flexibility index (Phi) is 7.83. The van der Waals surface area contributed by atoms with E-state index in [1.165, 1.54) is 0 Å². The van der Waals surface area contributed by atoms with Gasteiger partial charge >= 0.3 is 0 Å². The van der Waals surface area contributed by atoms with E-state index >= 15 is 0 Å². The molecule has 0 fully saturated rings. The van der Waals surface area contributed by atoms with Crippen LogP contribution in [-0.4, -0.2) is 49.7 Å². The molecule has 0 spiro atoms. The third-order valence-corrected chi connectivity index (χ3v) is 1.33. The first-order valence-electron chi connectivity index (χ1n) is 3.83. The lowest BCUT2D eigenvalue weighted by Gasteiger charge is -2.15. The highest BCUT2D eigenvalue weighted by atomic mass is 16.5. The lowest BCUT2D eigenvalue weighted by Crippen LogP contribution is -2.28. The number of nitrogens with one attached hydrogen (secondary N) is 1. The Hall–Kier alpha value is -0.160. The van der Waals surface area contributed by atoms with Crippen molar-refractivity contribution in [3.63, 3.8) is 0 Å². The molecule has 0 aromatic heterocycles. The summed E-state index contributed by atoms with van der Waals surface area (Å²) in [6.45, 7) is 1.20. The van der Waals surface area contributed by atoms with Crippen molar-refractivity contribution in [2.75, 3.05) is 33.4 Å². The normalized spacial score (nSPS) is 13.4. The molecule has 0 rings (SSSR count). The lowest BCUT2D eigenvalue weighted by molar-refractivity contribution is 0.0168. The summed E-state index contributed by atoms with van der Waals surface area (Å²) in [6, 6.07) is 0. The standard InChI is InChI=1S/C7H17NO3/c1-8-6-7(2-3-9)11-5-4-10/h7-10H,2-6H2,1H3. The minimum absolute atomic E-state index is 0.0112. The van der Waals surface area contributed by atoms with Crippen LogP contribution in [0.1, 0.15) is 6.42 Å². The molecule has 1 unspecified atom stereocenters. The summed E-state index contributed by atoms with van der Waals surface area (Å²) in [6.07, 6.45) is 0.623. The zero-order chi connectivity index (χ0) is 8.53. The van der Waals surface area contributed by atoms with Crippen molar-refractivity contribution in [3.8, 4) is 0 Å². The second kappa shape index (κ2) is 7.94. The predicted molar refractivity (Wildman–Crippen MR) is 42.5 cm³/mol. The third kappa shape index (κ3) is 6.25. The molecule has 0 radical (unpaired) electrons. The van der Waals surface area contributed by atoms with Crippen molar-refractivity contribution >= 4 is 0 Å². The third-order valence-electron chi connectivity index (χ3n) is 1.33. The molecule has 4 heteroatoms. The molecule has 0 aliphatic heterocycles. The number of ether oxygens (including phenoxy) is 1. The number of rotatable bonds is 7. The largest absolute Gasteiger partial charge is 0.396 e. The van der Waals surface area contributed by atoms with E-state index in [2.05, 4.69) is 5.32 Å². The monoisotopic (exact) mass is 163 g/mol. The lowest BCUT2D eigenvalue weighted by atomic mass is 10.2. The number of hydrogen-bond donors (Lipinski definition) is 3. The van der Waals surface area contributed by atoms with Gasteiger partial charge in [-0.15, -0.1) is 0 Å². The van der Waals surface area contributed by atoms with Gasteiger partial charge < -0.3 is 20.3 Å². The number of hydrogen-bond acceptors (Lipinski definition) is 4. The minimum Gasteiger partial charge on any atom is -0.396 e. The Bertz CT molecular complexity index is 74.1. The smallest absolute Gasteiger partial charge is 0.0722 e. The second-order valence-electron chi connectivity index (χ2n) is 2.29. The van der Waals surface area contributed by atoms with E-state index in [1.807, 2.05) is 7.05 Å². The minimum atomic E-state index is 0.0112. The summed E-state index contributed by atoms with van der Waals surface area (Å²) in [5.74, 6) is 0. The van der Waals surface area contributed by atoms with E-state index in [0.29, 0.717) is 19.6 Å². The molecule has 0 saturated heterocycles. The number of aliphatic hydroxyl groups is 2. The van der Waals surface area contributed by atoms with Gasteiger partial charge in [0.05, 0.1) is 19.3 Å². The zero-order valence-corrected chi connectivity index (χ0v) is 6.92. The van der Waals surface area contributed by atoms with Gasteiger partial charge in [0.2, 0.25) is 0 Å². The topological polar surface area (TPSA) is 61.7 Å². The average molecular weight is 163 g/mol. The van der Waals surface area contributed by atoms with Gasteiger partial charge in [-0.05, 0) is 13.5 Å². The fourth-order valence-corrected chi connectivity index (χ4v) is 0.835. The van der Waals surface area contributed by atoms with Crippen molar-refractivity contribution in [2.45, 2.75) is 12.5 Å². The fraction of sp³-hybridized carbons (Fsp3) is 1.00. The van der Waals surface area contributed by atoms with E-state index in [-0.39, 0.29) is 19.3 Å². The first-order valence-corrected chi connectivity index (χ1v) is 3.83. The van der Waals surface area contributed by atoms with Crippen LogP contribution >= 0.6 is 0 Å². The second-order valence-corrected chi connectivity index (χ2v) is 2.29. The Morgan fingerprint density at radius 2 is 2.09 bits per heavy atom. The first kappa shape index (κ1) is 10.8. The molecule has 11 heavy (non-hydrogen) atoms. The highest BCUT2D eigenvalue weighted by Crippen LogP contribution is 1.95. The van der Waals surface area contributed by atoms with Crippen molar-refractivity contribution in [3.05, 3.63) is 0 Å². The molecule has 0 saturated carbocycles. The van der Waals surface area contributed by atoms with Crippen LogP contribution in [-0.2, 0) is 4.74 Å². The summed E-state index contributed by atoms with van der Waals surface area (Å²) < 4.78 is 5.20. The molecule has 3 N–H and O–H groups in total. The van der Waals surface area contributed by atoms with Gasteiger partial charge in [-0.1, -0.05) is 0 Å². The average Bonchev–Trinajstić information content (AvgIpc) is 2.01. The Morgan fingerprint density at radius 3 is 2.55 bits per heavy atom. The van der Waals surface area contributed by atoms with Crippen LogP contribution in [0, 0.1) is 0 Å². The summed E-state index contributed by atoms with van der Waals surface area (Å²) in [5, 5.41) is 20.0. The predicted octanol–water partition coefficient (Wildman–Crippen LogP) is -1.03. The van der Waals surface area contributed by atoms with Crippen LogP contribution in [0.5, 0.6) is 0 Å². The summed E-state index contributed by atoms with van der Waals surface area (Å²) in [4.78, 5) is 0. The molecule has 1 atom stereocenters. The zero-order valence-electron chi connectivity index (χ0n) is 6.92. The summed E-state index contributed by atoms with van der Waals surface area (Å²) >= 11 is 0. The molecule has 0 aromatic rings. The van der Waals surface area contributed by atoms with Crippen molar-refractivity contribution < 1.29 is 14.9 Å². The first-order chi connectivity index (χ1) is 5.35. The molecule has 0 bridgehead atoms. The Labute approximate surface area is 67.2 Å². The highest BCUT2D eigenvalue weighted by molar-refractivity contribution is 4.58. The van der Waals surface area contributed by atoms with Gasteiger partial charge in [0.15, 0.2) is 0 Å². The van der Waals surface area contributed by atoms with Crippen LogP contribution < -0.4 is 5.32 Å². The van der Waals surface area contributed by atoms with Crippen molar-refractivity contribution in [2.24, 2.45) is 0 Å². The molecule has 0 aromatic carbocycles. The fourth-order valence-electron chi connectivity index (χ4n) is 0.835. The molecular weight excluding hydrogens is 146 g/mol. The maximum absolute atomic E-state index is 8.59. The Morgan fingerprint density at radius 1 is 1.36 bits per heavy atom. The quantitative estimate of drug-likeness (QED) is 0.449. The van der Waals surface area contributed by atoms with Gasteiger partial charge in [0, 0.05) is 13.2 Å². The molecule has 68 valence electrons. The van der Waals surface area contributed by atoms with Crippen LogP contribution in [0.15, 0.2) is 0 Å². The van der Waals surface area contributed by atoms with Gasteiger partial charge in [-0.25, -0.2) is 0 Å². The van der Waals surface area contributed by atoms with E-state index < -0.39 is 0 Å². The van der Waals surface area contributed by atoms with Gasteiger partial charge in [0.1, 0.15) is 0 Å². The van der Waals surface area contributed by atoms with Crippen LogP contribution in [0.25, 0.3) is 0 Å². The Balaban J connectivity index is 3.34. The maximum Gasteiger partial charge on any atom is 0.0722 e. The maximum atomic E-state index is 8.59. The van der Waals surface area contributed by atoms with Gasteiger partial charge in [-0.2, -0.15) is 0 Å². The van der Waals surface area contributed by atoms with E-state index in [9.17, 15) is 0 Å². The van der Waals surface area contributed by atoms with Crippen LogP contribution in [0.2, 0.25) is 0 Å². The SMILES string of the molecule is CNCC(CCO)OCCO. The number of aliphatic hydroxyl groups excluding tert-OH is 2. The van der Waals surface area contributed by atoms with Crippen LogP contribution in [0.4, 0.5) is 0 Å². The molecule has 0 amide bonds. The highest BCUT2D eigenvalue weighted by Gasteiger charge is 2.05. The van der Waals surface area contributed by atoms with Crippen molar-refractivity contribution in [1.29, 1.82) is 0 Å². The molecule has 4 nitrogen and oxygen atoms in total. The molecule has 0 heterocycles. The van der Waals surface area contributed by atoms with Gasteiger partial charge in [-0.3, -0.25) is 0 Å². The molecule has 0 aliphatic carbocycles. The molecular formula is C7H17NO3. The van der Waals surface area contributed by atoms with Gasteiger partial charge in [0.25, 0.3) is 0 Å². The summed E-state index contributed by atoms with van der Waals surface area (Å²) in [7, 11) is 1.83. The van der Waals surface area contributed by atoms with Crippen LogP contribution in [0.3, 0.4) is 0 Å². The summed E-state index contributed by atoms with van der Waals surface area (Å²) in [5.41, 5.74) is 0. The van der Waals surface area contributed by atoms with E-state index in [4.69, 9.17) is 14.9 Å². The van der Waals surface area contributed by atoms with E-state index in [1.54, 1.807) is 0 Å².